The van der Waals surface area contributed by atoms with Gasteiger partial charge in [-0.2, -0.15) is 4.98 Å². The number of nitrogens with one attached hydrogen (secondary N) is 2. The van der Waals surface area contributed by atoms with Crippen molar-refractivity contribution in [2.24, 2.45) is 0 Å². The number of benzene rings is 2. The van der Waals surface area contributed by atoms with Crippen molar-refractivity contribution >= 4 is 34.8 Å². The standard InChI is InChI=1S/C30H35ClN4O4.C2H6/c1-6-20-8-7-9-25(28(20)19(3)36)39-30-23(31)10-11-27(34-30)33-24-16-18(2)22(17-26(24)38-5)29(37)32-21-12-14-35(4)15-13-21;1-2/h7-11,16-17,21H,6,12-15H2,1-5H3,(H,32,37)(H,33,34);1-2H3. The number of pyridine rings is 1. The van der Waals surface area contributed by atoms with E-state index in [1.54, 1.807) is 31.4 Å². The highest BCUT2D eigenvalue weighted by atomic mass is 35.5. The maximum atomic E-state index is 13.1. The normalized spacial score (nSPS) is 13.6. The SMILES string of the molecule is CC.CCc1cccc(Oc2nc(Nc3cc(C)c(C(=O)NC4CCN(C)CC4)cc3OC)ccc2Cl)c1C(C)=O. The van der Waals surface area contributed by atoms with E-state index in [1.807, 2.05) is 45.9 Å². The van der Waals surface area contributed by atoms with Crippen LogP contribution in [0, 0.1) is 6.92 Å². The van der Waals surface area contributed by atoms with Crippen molar-refractivity contribution in [3.8, 4) is 17.4 Å². The van der Waals surface area contributed by atoms with E-state index >= 15 is 0 Å². The number of methoxy groups -OCH3 is 1. The van der Waals surface area contributed by atoms with Gasteiger partial charge >= 0.3 is 0 Å². The Morgan fingerprint density at radius 3 is 2.44 bits per heavy atom. The van der Waals surface area contributed by atoms with E-state index in [1.165, 1.54) is 6.92 Å². The molecule has 0 bridgehead atoms. The van der Waals surface area contributed by atoms with Gasteiger partial charge in [-0.3, -0.25) is 9.59 Å². The number of aryl methyl sites for hydroxylation is 2. The van der Waals surface area contributed by atoms with Crippen LogP contribution in [-0.2, 0) is 6.42 Å². The van der Waals surface area contributed by atoms with Crippen molar-refractivity contribution in [3.63, 3.8) is 0 Å². The summed E-state index contributed by atoms with van der Waals surface area (Å²) in [5.74, 6) is 1.34. The summed E-state index contributed by atoms with van der Waals surface area (Å²) < 4.78 is 11.7. The molecule has 41 heavy (non-hydrogen) atoms. The van der Waals surface area contributed by atoms with Crippen molar-refractivity contribution in [1.29, 1.82) is 0 Å². The van der Waals surface area contributed by atoms with Crippen molar-refractivity contribution in [2.45, 2.75) is 59.9 Å². The molecule has 4 rings (SSSR count). The first kappa shape index (κ1) is 31.9. The number of amides is 1. The highest BCUT2D eigenvalue weighted by Gasteiger charge is 2.22. The fraction of sp³-hybridized carbons (Fsp3) is 0.406. The van der Waals surface area contributed by atoms with Crippen LogP contribution in [-0.4, -0.2) is 54.9 Å². The molecule has 0 aliphatic carbocycles. The molecule has 1 aromatic heterocycles. The number of piperidine rings is 1. The maximum Gasteiger partial charge on any atom is 0.251 e. The lowest BCUT2D eigenvalue weighted by Crippen LogP contribution is -2.43. The smallest absolute Gasteiger partial charge is 0.251 e. The molecule has 1 fully saturated rings. The monoisotopic (exact) mass is 580 g/mol. The first-order valence-electron chi connectivity index (χ1n) is 14.1. The maximum absolute atomic E-state index is 13.1. The second kappa shape index (κ2) is 14.8. The Bertz CT molecular complexity index is 1370. The third-order valence-electron chi connectivity index (χ3n) is 6.97. The van der Waals surface area contributed by atoms with Gasteiger partial charge in [0.05, 0.1) is 18.4 Å². The Hall–Kier alpha value is -3.62. The molecule has 0 atom stereocenters. The Balaban J connectivity index is 0.00000226. The Kier molecular flexibility index (Phi) is 11.6. The largest absolute Gasteiger partial charge is 0.495 e. The number of carbonyl (C=O) groups is 2. The third kappa shape index (κ3) is 7.99. The lowest BCUT2D eigenvalue weighted by Gasteiger charge is -2.29. The number of rotatable bonds is 9. The number of hydrogen-bond acceptors (Lipinski definition) is 7. The number of carbonyl (C=O) groups excluding carboxylic acids is 2. The van der Waals surface area contributed by atoms with Crippen molar-refractivity contribution in [3.05, 3.63) is 69.7 Å². The van der Waals surface area contributed by atoms with E-state index in [4.69, 9.17) is 21.1 Å². The zero-order chi connectivity index (χ0) is 30.1. The number of likely N-dealkylation sites (tertiary alicyclic amines) is 1. The molecule has 2 heterocycles. The number of aromatic nitrogens is 1. The number of Topliss-reactive ketones (excluding diaryl/α,β-unsaturated/α-hetero) is 1. The molecular formula is C32H41ClN4O4. The minimum Gasteiger partial charge on any atom is -0.495 e. The van der Waals surface area contributed by atoms with Crippen molar-refractivity contribution in [2.75, 3.05) is 32.6 Å². The first-order valence-corrected chi connectivity index (χ1v) is 14.5. The number of ether oxygens (including phenoxy) is 2. The topological polar surface area (TPSA) is 92.8 Å². The summed E-state index contributed by atoms with van der Waals surface area (Å²) in [6.07, 6.45) is 2.56. The Morgan fingerprint density at radius 2 is 1.80 bits per heavy atom. The zero-order valence-corrected chi connectivity index (χ0v) is 25.8. The molecule has 1 saturated heterocycles. The highest BCUT2D eigenvalue weighted by molar-refractivity contribution is 6.31. The molecule has 0 radical (unpaired) electrons. The van der Waals surface area contributed by atoms with E-state index in [-0.39, 0.29) is 23.6 Å². The summed E-state index contributed by atoms with van der Waals surface area (Å²) in [7, 11) is 3.65. The number of hydrogen-bond donors (Lipinski definition) is 2. The van der Waals surface area contributed by atoms with Gasteiger partial charge in [-0.1, -0.05) is 44.5 Å². The van der Waals surface area contributed by atoms with Gasteiger partial charge in [-0.15, -0.1) is 0 Å². The predicted molar refractivity (Wildman–Crippen MR) is 165 cm³/mol. The third-order valence-corrected chi connectivity index (χ3v) is 7.26. The van der Waals surface area contributed by atoms with Gasteiger partial charge in [0, 0.05) is 11.6 Å². The molecule has 0 saturated carbocycles. The lowest BCUT2D eigenvalue weighted by molar-refractivity contribution is 0.0915. The summed E-state index contributed by atoms with van der Waals surface area (Å²) in [6.45, 7) is 11.3. The summed E-state index contributed by atoms with van der Waals surface area (Å²) in [5.41, 5.74) is 3.42. The van der Waals surface area contributed by atoms with Gasteiger partial charge in [0.2, 0.25) is 5.88 Å². The molecular weight excluding hydrogens is 540 g/mol. The quantitative estimate of drug-likeness (QED) is 0.258. The predicted octanol–water partition coefficient (Wildman–Crippen LogP) is 7.20. The molecule has 0 spiro atoms. The molecule has 8 nitrogen and oxygen atoms in total. The average molecular weight is 581 g/mol. The molecule has 0 unspecified atom stereocenters. The van der Waals surface area contributed by atoms with E-state index in [0.29, 0.717) is 45.6 Å². The Morgan fingerprint density at radius 1 is 1.10 bits per heavy atom. The van der Waals surface area contributed by atoms with Crippen LogP contribution in [0.25, 0.3) is 0 Å². The molecule has 220 valence electrons. The van der Waals surface area contributed by atoms with Gasteiger partial charge in [0.15, 0.2) is 5.78 Å². The zero-order valence-electron chi connectivity index (χ0n) is 25.1. The molecule has 1 aliphatic rings. The fourth-order valence-corrected chi connectivity index (χ4v) is 4.92. The van der Waals surface area contributed by atoms with Gasteiger partial charge in [0.25, 0.3) is 5.91 Å². The first-order chi connectivity index (χ1) is 19.7. The van der Waals surface area contributed by atoms with Crippen LogP contribution >= 0.6 is 11.6 Å². The van der Waals surface area contributed by atoms with Gasteiger partial charge in [0.1, 0.15) is 22.3 Å². The number of nitrogens with zero attached hydrogens (tertiary/aromatic N) is 2. The molecule has 9 heteroatoms. The van der Waals surface area contributed by atoms with E-state index in [0.717, 1.165) is 37.1 Å². The molecule has 1 aliphatic heterocycles. The van der Waals surface area contributed by atoms with Crippen LogP contribution < -0.4 is 20.1 Å². The van der Waals surface area contributed by atoms with Crippen LogP contribution in [0.1, 0.15) is 72.4 Å². The van der Waals surface area contributed by atoms with Gasteiger partial charge in [-0.05, 0) is 94.7 Å². The Labute approximate surface area is 248 Å². The number of anilines is 2. The van der Waals surface area contributed by atoms with Crippen molar-refractivity contribution in [1.82, 2.24) is 15.2 Å². The second-order valence-electron chi connectivity index (χ2n) is 9.83. The summed E-state index contributed by atoms with van der Waals surface area (Å²) >= 11 is 6.41. The second-order valence-corrected chi connectivity index (χ2v) is 10.2. The molecule has 3 aromatic rings. The highest BCUT2D eigenvalue weighted by Crippen LogP contribution is 2.35. The van der Waals surface area contributed by atoms with Crippen LogP contribution in [0.2, 0.25) is 5.02 Å². The summed E-state index contributed by atoms with van der Waals surface area (Å²) in [6, 6.07) is 12.6. The molecule has 2 N–H and O–H groups in total. The van der Waals surface area contributed by atoms with Crippen LogP contribution in [0.4, 0.5) is 11.5 Å². The van der Waals surface area contributed by atoms with Crippen molar-refractivity contribution < 1.29 is 19.1 Å². The summed E-state index contributed by atoms with van der Waals surface area (Å²) in [4.78, 5) is 32.2. The number of ketones is 1. The molecule has 2 aromatic carbocycles. The fourth-order valence-electron chi connectivity index (χ4n) is 4.78. The lowest BCUT2D eigenvalue weighted by atomic mass is 10.0. The minimum atomic E-state index is -0.109. The number of halogens is 1. The van der Waals surface area contributed by atoms with Gasteiger partial charge in [-0.25, -0.2) is 0 Å². The van der Waals surface area contributed by atoms with E-state index in [9.17, 15) is 9.59 Å². The van der Waals surface area contributed by atoms with Crippen LogP contribution in [0.15, 0.2) is 42.5 Å². The van der Waals surface area contributed by atoms with E-state index < -0.39 is 0 Å². The average Bonchev–Trinajstić information content (AvgIpc) is 2.96. The van der Waals surface area contributed by atoms with Gasteiger partial charge < -0.3 is 25.0 Å². The summed E-state index contributed by atoms with van der Waals surface area (Å²) in [5, 5.41) is 6.72. The van der Waals surface area contributed by atoms with Crippen LogP contribution in [0.3, 0.4) is 0 Å². The van der Waals surface area contributed by atoms with E-state index in [2.05, 4.69) is 27.6 Å². The minimum absolute atomic E-state index is 0.0898. The molecule has 1 amide bonds. The van der Waals surface area contributed by atoms with Crippen LogP contribution in [0.5, 0.6) is 17.4 Å².